The highest BCUT2D eigenvalue weighted by Crippen LogP contribution is 2.10. The van der Waals surface area contributed by atoms with E-state index in [4.69, 9.17) is 5.11 Å². The molecule has 0 amide bonds. The summed E-state index contributed by atoms with van der Waals surface area (Å²) in [6, 6.07) is 8.09. The number of rotatable bonds is 8. The average molecular weight is 316 g/mol. The average Bonchev–Trinajstić information content (AvgIpc) is 2.34. The molecule has 0 aromatic heterocycles. The van der Waals surface area contributed by atoms with E-state index < -0.39 is 12.1 Å². The summed E-state index contributed by atoms with van der Waals surface area (Å²) >= 11 is 3.38. The van der Waals surface area contributed by atoms with Crippen molar-refractivity contribution in [3.05, 3.63) is 34.3 Å². The maximum atomic E-state index is 10.3. The molecule has 1 rings (SSSR count). The van der Waals surface area contributed by atoms with E-state index in [1.807, 2.05) is 24.3 Å². The summed E-state index contributed by atoms with van der Waals surface area (Å²) in [6.45, 7) is 1.20. The van der Waals surface area contributed by atoms with E-state index in [9.17, 15) is 9.90 Å². The van der Waals surface area contributed by atoms with E-state index in [1.54, 1.807) is 0 Å². The number of benzene rings is 1. The lowest BCUT2D eigenvalue weighted by molar-refractivity contribution is -0.137. The molecule has 0 saturated heterocycles. The fourth-order valence-electron chi connectivity index (χ4n) is 1.54. The second kappa shape index (κ2) is 8.24. The van der Waals surface area contributed by atoms with Gasteiger partial charge in [0, 0.05) is 17.4 Å². The smallest absolute Gasteiger partial charge is 0.303 e. The van der Waals surface area contributed by atoms with Crippen LogP contribution < -0.4 is 5.32 Å². The van der Waals surface area contributed by atoms with Gasteiger partial charge in [-0.05, 0) is 37.1 Å². The van der Waals surface area contributed by atoms with Crippen LogP contribution in [0.2, 0.25) is 0 Å². The van der Waals surface area contributed by atoms with Gasteiger partial charge in [-0.3, -0.25) is 4.79 Å². The van der Waals surface area contributed by atoms with Gasteiger partial charge in [-0.2, -0.15) is 0 Å². The molecular weight excluding hydrogens is 298 g/mol. The predicted octanol–water partition coefficient (Wildman–Crippen LogP) is 1.81. The van der Waals surface area contributed by atoms with Gasteiger partial charge in [0.2, 0.25) is 0 Å². The third kappa shape index (κ3) is 6.74. The van der Waals surface area contributed by atoms with Crippen molar-refractivity contribution >= 4 is 21.9 Å². The molecule has 1 atom stereocenters. The molecule has 1 aromatic rings. The number of hydrogen-bond donors (Lipinski definition) is 3. The van der Waals surface area contributed by atoms with Crippen molar-refractivity contribution < 1.29 is 15.0 Å². The van der Waals surface area contributed by atoms with Crippen LogP contribution in [-0.2, 0) is 11.2 Å². The van der Waals surface area contributed by atoms with Crippen molar-refractivity contribution in [3.8, 4) is 0 Å². The van der Waals surface area contributed by atoms with Crippen LogP contribution in [0.5, 0.6) is 0 Å². The summed E-state index contributed by atoms with van der Waals surface area (Å²) in [6.07, 6.45) is 0.598. The van der Waals surface area contributed by atoms with Gasteiger partial charge in [0.05, 0.1) is 6.10 Å². The monoisotopic (exact) mass is 315 g/mol. The highest BCUT2D eigenvalue weighted by molar-refractivity contribution is 9.10. The molecule has 0 aliphatic rings. The first-order chi connectivity index (χ1) is 8.58. The van der Waals surface area contributed by atoms with Gasteiger partial charge in [0.25, 0.3) is 0 Å². The van der Waals surface area contributed by atoms with Crippen molar-refractivity contribution in [2.75, 3.05) is 13.1 Å². The minimum absolute atomic E-state index is 0.00948. The van der Waals surface area contributed by atoms with Crippen LogP contribution in [0, 0.1) is 0 Å². The molecule has 0 bridgehead atoms. The summed E-state index contributed by atoms with van der Waals surface area (Å²) in [4.78, 5) is 10.3. The third-order valence-corrected chi connectivity index (χ3v) is 3.10. The van der Waals surface area contributed by atoms with Gasteiger partial charge in [0.1, 0.15) is 0 Å². The first kappa shape index (κ1) is 15.1. The molecule has 5 heteroatoms. The Morgan fingerprint density at radius 2 is 2.00 bits per heavy atom. The molecular formula is C13H18BrNO3. The third-order valence-electron chi connectivity index (χ3n) is 2.58. The highest BCUT2D eigenvalue weighted by Gasteiger charge is 2.06. The number of aliphatic hydroxyl groups is 1. The fourth-order valence-corrected chi connectivity index (χ4v) is 1.81. The van der Waals surface area contributed by atoms with Gasteiger partial charge in [-0.1, -0.05) is 28.1 Å². The molecule has 0 fully saturated rings. The summed E-state index contributed by atoms with van der Waals surface area (Å²) in [5, 5.41) is 21.1. The first-order valence-corrected chi connectivity index (χ1v) is 6.72. The molecule has 0 saturated carbocycles. The summed E-state index contributed by atoms with van der Waals surface area (Å²) in [7, 11) is 0. The number of aliphatic carboxylic acids is 1. The topological polar surface area (TPSA) is 69.6 Å². The Morgan fingerprint density at radius 1 is 1.33 bits per heavy atom. The number of nitrogens with one attached hydrogen (secondary N) is 1. The molecule has 3 N–H and O–H groups in total. The van der Waals surface area contributed by atoms with E-state index in [2.05, 4.69) is 21.2 Å². The van der Waals surface area contributed by atoms with Crippen LogP contribution >= 0.6 is 15.9 Å². The minimum Gasteiger partial charge on any atom is -0.481 e. The molecule has 0 spiro atoms. The Bertz CT molecular complexity index is 367. The van der Waals surface area contributed by atoms with Crippen LogP contribution in [0.15, 0.2) is 28.7 Å². The molecule has 100 valence electrons. The molecule has 1 aromatic carbocycles. The second-order valence-corrected chi connectivity index (χ2v) is 5.08. The summed E-state index contributed by atoms with van der Waals surface area (Å²) in [5.74, 6) is -0.871. The molecule has 4 nitrogen and oxygen atoms in total. The van der Waals surface area contributed by atoms with E-state index in [0.29, 0.717) is 13.0 Å². The number of aliphatic hydroxyl groups excluding tert-OH is 1. The van der Waals surface area contributed by atoms with Gasteiger partial charge >= 0.3 is 5.97 Å². The molecule has 1 unspecified atom stereocenters. The molecule has 18 heavy (non-hydrogen) atoms. The zero-order valence-electron chi connectivity index (χ0n) is 10.1. The zero-order chi connectivity index (χ0) is 13.4. The fraction of sp³-hybridized carbons (Fsp3) is 0.462. The largest absolute Gasteiger partial charge is 0.481 e. The zero-order valence-corrected chi connectivity index (χ0v) is 11.7. The Morgan fingerprint density at radius 3 is 2.61 bits per heavy atom. The van der Waals surface area contributed by atoms with E-state index in [1.165, 1.54) is 5.56 Å². The van der Waals surface area contributed by atoms with Gasteiger partial charge in [0.15, 0.2) is 0 Å². The number of carbonyl (C=O) groups is 1. The van der Waals surface area contributed by atoms with Crippen molar-refractivity contribution in [1.82, 2.24) is 5.32 Å². The maximum Gasteiger partial charge on any atom is 0.303 e. The highest BCUT2D eigenvalue weighted by atomic mass is 79.9. The van der Waals surface area contributed by atoms with Gasteiger partial charge < -0.3 is 15.5 Å². The van der Waals surface area contributed by atoms with E-state index in [0.717, 1.165) is 17.4 Å². The van der Waals surface area contributed by atoms with E-state index >= 15 is 0 Å². The Kier molecular flexibility index (Phi) is 6.93. The standard InChI is InChI=1S/C13H18BrNO3/c14-11-3-1-10(2-4-11)7-8-15-9-12(16)5-6-13(17)18/h1-4,12,15-16H,5-9H2,(H,17,18). The van der Waals surface area contributed by atoms with Crippen molar-refractivity contribution in [2.24, 2.45) is 0 Å². The molecule has 0 aliphatic carbocycles. The minimum atomic E-state index is -0.871. The summed E-state index contributed by atoms with van der Waals surface area (Å²) < 4.78 is 1.06. The summed E-state index contributed by atoms with van der Waals surface area (Å²) in [5.41, 5.74) is 1.23. The lowest BCUT2D eigenvalue weighted by Crippen LogP contribution is -2.28. The lowest BCUT2D eigenvalue weighted by atomic mass is 10.1. The lowest BCUT2D eigenvalue weighted by Gasteiger charge is -2.10. The van der Waals surface area contributed by atoms with Gasteiger partial charge in [-0.25, -0.2) is 0 Å². The Hall–Kier alpha value is -0.910. The van der Waals surface area contributed by atoms with Crippen molar-refractivity contribution in [2.45, 2.75) is 25.4 Å². The van der Waals surface area contributed by atoms with Crippen LogP contribution in [0.4, 0.5) is 0 Å². The number of carboxylic acid groups (broad SMARTS) is 1. The van der Waals surface area contributed by atoms with Crippen molar-refractivity contribution in [3.63, 3.8) is 0 Å². The molecule has 0 heterocycles. The van der Waals surface area contributed by atoms with Crippen LogP contribution in [0.3, 0.4) is 0 Å². The SMILES string of the molecule is O=C(O)CCC(O)CNCCc1ccc(Br)cc1. The Balaban J connectivity index is 2.11. The quantitative estimate of drug-likeness (QED) is 0.640. The number of halogens is 1. The van der Waals surface area contributed by atoms with Crippen molar-refractivity contribution in [1.29, 1.82) is 0 Å². The van der Waals surface area contributed by atoms with Crippen LogP contribution in [0.1, 0.15) is 18.4 Å². The first-order valence-electron chi connectivity index (χ1n) is 5.93. The molecule has 0 aliphatic heterocycles. The van der Waals surface area contributed by atoms with Crippen LogP contribution in [-0.4, -0.2) is 35.4 Å². The predicted molar refractivity (Wildman–Crippen MR) is 73.6 cm³/mol. The Labute approximate surface area is 115 Å². The number of carboxylic acids is 1. The second-order valence-electron chi connectivity index (χ2n) is 4.17. The maximum absolute atomic E-state index is 10.3. The van der Waals surface area contributed by atoms with E-state index in [-0.39, 0.29) is 6.42 Å². The van der Waals surface area contributed by atoms with Gasteiger partial charge in [-0.15, -0.1) is 0 Å². The normalized spacial score (nSPS) is 12.3. The molecule has 0 radical (unpaired) electrons. The number of hydrogen-bond acceptors (Lipinski definition) is 3. The van der Waals surface area contributed by atoms with Crippen LogP contribution in [0.25, 0.3) is 0 Å².